The van der Waals surface area contributed by atoms with Gasteiger partial charge >= 0.3 is 0 Å². The molecule has 1 N–H and O–H groups in total. The number of rotatable bonds is 4. The number of carbonyl (C=O) groups excluding carboxylic acids is 1. The van der Waals surface area contributed by atoms with E-state index >= 15 is 0 Å². The maximum absolute atomic E-state index is 12.2. The average molecular weight is 471 g/mol. The highest BCUT2D eigenvalue weighted by Crippen LogP contribution is 2.23. The van der Waals surface area contributed by atoms with Crippen LogP contribution in [0.15, 0.2) is 18.3 Å². The highest BCUT2D eigenvalue weighted by molar-refractivity contribution is 14.1. The van der Waals surface area contributed by atoms with Crippen molar-refractivity contribution in [3.05, 3.63) is 54.0 Å². The molecule has 2 heterocycles. The first-order valence-electron chi connectivity index (χ1n) is 6.29. The molecule has 0 atom stereocenters. The number of aromatic nitrogens is 2. The minimum absolute atomic E-state index is 0.0907. The van der Waals surface area contributed by atoms with Gasteiger partial charge in [-0.25, -0.2) is 4.98 Å². The minimum atomic E-state index is -0.371. The van der Waals surface area contributed by atoms with E-state index in [1.165, 1.54) is 0 Å². The number of nitrogens with one attached hydrogen (secondary N) is 1. The second-order valence-electron chi connectivity index (χ2n) is 4.50. The summed E-state index contributed by atoms with van der Waals surface area (Å²) in [6, 6.07) is 3.42. The molecule has 0 fully saturated rings. The molecule has 2 aromatic heterocycles. The van der Waals surface area contributed by atoms with Crippen LogP contribution in [0.4, 0.5) is 0 Å². The van der Waals surface area contributed by atoms with Gasteiger partial charge in [0.2, 0.25) is 0 Å². The summed E-state index contributed by atoms with van der Waals surface area (Å²) in [5.74, 6) is -0.371. The molecule has 0 aliphatic heterocycles. The van der Waals surface area contributed by atoms with Crippen LogP contribution >= 0.6 is 57.4 Å². The summed E-state index contributed by atoms with van der Waals surface area (Å²) in [6.07, 6.45) is 2.23. The van der Waals surface area contributed by atoms with Crippen molar-refractivity contribution in [2.24, 2.45) is 0 Å². The molecule has 2 rings (SSSR count). The van der Waals surface area contributed by atoms with Crippen LogP contribution in [0.3, 0.4) is 0 Å². The fourth-order valence-electron chi connectivity index (χ4n) is 1.81. The minimum Gasteiger partial charge on any atom is -0.352 e. The molecule has 2 aromatic rings. The molecule has 0 spiro atoms. The lowest BCUT2D eigenvalue weighted by atomic mass is 10.2. The van der Waals surface area contributed by atoms with E-state index < -0.39 is 0 Å². The first kappa shape index (κ1) is 17.7. The van der Waals surface area contributed by atoms with Gasteiger partial charge in [0.25, 0.3) is 5.91 Å². The zero-order valence-electron chi connectivity index (χ0n) is 11.5. The predicted octanol–water partition coefficient (Wildman–Crippen LogP) is 4.32. The first-order chi connectivity index (χ1) is 10.4. The molecular weight excluding hydrogens is 459 g/mol. The van der Waals surface area contributed by atoms with E-state index in [1.54, 1.807) is 19.2 Å². The Morgan fingerprint density at radius 2 is 2.00 bits per heavy atom. The van der Waals surface area contributed by atoms with Gasteiger partial charge in [0.15, 0.2) is 0 Å². The van der Waals surface area contributed by atoms with Crippen molar-refractivity contribution in [3.8, 4) is 0 Å². The van der Waals surface area contributed by atoms with E-state index in [0.717, 1.165) is 9.26 Å². The number of hydrogen-bond donors (Lipinski definition) is 1. The lowest BCUT2D eigenvalue weighted by Gasteiger charge is -2.09. The molecule has 0 aromatic carbocycles. The Bertz CT molecular complexity index is 701. The van der Waals surface area contributed by atoms with Crippen LogP contribution in [0.25, 0.3) is 0 Å². The predicted molar refractivity (Wildman–Crippen MR) is 97.0 cm³/mol. The Morgan fingerprint density at radius 1 is 1.27 bits per heavy atom. The molecule has 0 aliphatic carbocycles. The van der Waals surface area contributed by atoms with Crippen molar-refractivity contribution in [3.63, 3.8) is 0 Å². The lowest BCUT2D eigenvalue weighted by molar-refractivity contribution is 0.0954. The summed E-state index contributed by atoms with van der Waals surface area (Å²) < 4.78 is 0.958. The van der Waals surface area contributed by atoms with E-state index in [0.29, 0.717) is 23.7 Å². The van der Waals surface area contributed by atoms with Crippen LogP contribution < -0.4 is 5.32 Å². The molecule has 0 saturated heterocycles. The van der Waals surface area contributed by atoms with Gasteiger partial charge in [0, 0.05) is 28.4 Å². The van der Waals surface area contributed by atoms with Crippen LogP contribution in [0.1, 0.15) is 21.7 Å². The highest BCUT2D eigenvalue weighted by atomic mass is 127. The summed E-state index contributed by atoms with van der Waals surface area (Å²) in [4.78, 5) is 20.4. The summed E-state index contributed by atoms with van der Waals surface area (Å²) in [6.45, 7) is 2.12. The molecule has 0 unspecified atom stereocenters. The summed E-state index contributed by atoms with van der Waals surface area (Å²) in [7, 11) is 0. The van der Waals surface area contributed by atoms with Gasteiger partial charge in [-0.05, 0) is 41.6 Å². The maximum atomic E-state index is 12.2. The van der Waals surface area contributed by atoms with Crippen molar-refractivity contribution in [2.45, 2.75) is 13.3 Å². The quantitative estimate of drug-likeness (QED) is 0.535. The zero-order valence-corrected chi connectivity index (χ0v) is 15.9. The number of halogens is 4. The van der Waals surface area contributed by atoms with Gasteiger partial charge in [-0.15, -0.1) is 0 Å². The normalized spacial score (nSPS) is 10.6. The smallest absolute Gasteiger partial charge is 0.255 e. The second-order valence-corrected chi connectivity index (χ2v) is 6.92. The summed E-state index contributed by atoms with van der Waals surface area (Å²) in [5, 5.41) is 3.69. The molecule has 8 heteroatoms. The Hall–Kier alpha value is -0.630. The summed E-state index contributed by atoms with van der Waals surface area (Å²) >= 11 is 20.3. The monoisotopic (exact) mass is 469 g/mol. The Labute approximate surface area is 156 Å². The second kappa shape index (κ2) is 7.77. The molecule has 116 valence electrons. The number of aryl methyl sites for hydroxylation is 1. The number of carbonyl (C=O) groups is 1. The van der Waals surface area contributed by atoms with E-state index in [-0.39, 0.29) is 21.6 Å². The Kier molecular flexibility index (Phi) is 6.26. The van der Waals surface area contributed by atoms with E-state index in [9.17, 15) is 4.79 Å². The fraction of sp³-hybridized carbons (Fsp3) is 0.214. The number of nitrogens with zero attached hydrogens (tertiary/aromatic N) is 2. The largest absolute Gasteiger partial charge is 0.352 e. The molecule has 0 saturated carbocycles. The third-order valence-corrected chi connectivity index (χ3v) is 4.30. The third-order valence-electron chi connectivity index (χ3n) is 2.81. The number of hydrogen-bond acceptors (Lipinski definition) is 3. The van der Waals surface area contributed by atoms with Crippen molar-refractivity contribution in [2.75, 3.05) is 6.54 Å². The zero-order chi connectivity index (χ0) is 16.3. The molecule has 0 radical (unpaired) electrons. The maximum Gasteiger partial charge on any atom is 0.255 e. The fourth-order valence-corrected chi connectivity index (χ4v) is 3.41. The molecule has 4 nitrogen and oxygen atoms in total. The van der Waals surface area contributed by atoms with E-state index in [1.807, 2.05) is 6.07 Å². The van der Waals surface area contributed by atoms with Gasteiger partial charge in [-0.1, -0.05) is 34.8 Å². The van der Waals surface area contributed by atoms with Gasteiger partial charge in [0.1, 0.15) is 5.15 Å². The molecule has 0 bridgehead atoms. The van der Waals surface area contributed by atoms with E-state index in [2.05, 4.69) is 37.9 Å². The van der Waals surface area contributed by atoms with Crippen molar-refractivity contribution in [1.82, 2.24) is 15.3 Å². The molecule has 1 amide bonds. The number of pyridine rings is 2. The van der Waals surface area contributed by atoms with Crippen molar-refractivity contribution in [1.29, 1.82) is 0 Å². The summed E-state index contributed by atoms with van der Waals surface area (Å²) in [5.41, 5.74) is 1.55. The van der Waals surface area contributed by atoms with Crippen LogP contribution in [-0.4, -0.2) is 22.4 Å². The van der Waals surface area contributed by atoms with Crippen LogP contribution in [0, 0.1) is 10.5 Å². The van der Waals surface area contributed by atoms with Crippen LogP contribution in [0.5, 0.6) is 0 Å². The number of amides is 1. The molecule has 22 heavy (non-hydrogen) atoms. The topological polar surface area (TPSA) is 54.9 Å². The average Bonchev–Trinajstić information content (AvgIpc) is 2.40. The van der Waals surface area contributed by atoms with Crippen molar-refractivity contribution >= 4 is 63.3 Å². The standard InChI is InChI=1S/C14H11Cl3IN3O/c1-7-4-10(16)12(13(17)21-7)14(22)19-3-2-11-9(15)5-8(18)6-20-11/h4-6H,2-3H2,1H3,(H,19,22). The lowest BCUT2D eigenvalue weighted by Crippen LogP contribution is -2.27. The van der Waals surface area contributed by atoms with Gasteiger partial charge in [-0.2, -0.15) is 0 Å². The van der Waals surface area contributed by atoms with Crippen LogP contribution in [0.2, 0.25) is 15.2 Å². The molecular formula is C14H11Cl3IN3O. The van der Waals surface area contributed by atoms with Gasteiger partial charge in [-0.3, -0.25) is 9.78 Å². The Morgan fingerprint density at radius 3 is 2.64 bits per heavy atom. The van der Waals surface area contributed by atoms with Crippen molar-refractivity contribution < 1.29 is 4.79 Å². The highest BCUT2D eigenvalue weighted by Gasteiger charge is 2.16. The van der Waals surface area contributed by atoms with E-state index in [4.69, 9.17) is 34.8 Å². The molecule has 0 aliphatic rings. The van der Waals surface area contributed by atoms with Gasteiger partial charge < -0.3 is 5.32 Å². The third kappa shape index (κ3) is 4.44. The van der Waals surface area contributed by atoms with Crippen LogP contribution in [-0.2, 0) is 6.42 Å². The Balaban J connectivity index is 2.02. The SMILES string of the molecule is Cc1cc(Cl)c(C(=O)NCCc2ncc(I)cc2Cl)c(Cl)n1. The van der Waals surface area contributed by atoms with Gasteiger partial charge in [0.05, 0.1) is 21.3 Å². The first-order valence-corrected chi connectivity index (χ1v) is 8.50.